The summed E-state index contributed by atoms with van der Waals surface area (Å²) >= 11 is 3.22. The first-order valence-corrected chi connectivity index (χ1v) is 8.90. The lowest BCUT2D eigenvalue weighted by Gasteiger charge is -2.05. The second-order valence-electron chi connectivity index (χ2n) is 5.67. The fourth-order valence-electron chi connectivity index (χ4n) is 2.38. The van der Waals surface area contributed by atoms with Crippen molar-refractivity contribution in [1.29, 1.82) is 0 Å². The van der Waals surface area contributed by atoms with E-state index in [1.165, 1.54) is 24.3 Å². The van der Waals surface area contributed by atoms with Gasteiger partial charge in [-0.2, -0.15) is 0 Å². The van der Waals surface area contributed by atoms with E-state index >= 15 is 0 Å². The smallest absolute Gasteiger partial charge is 0.220 e. The molecule has 0 aliphatic heterocycles. The zero-order valence-electron chi connectivity index (χ0n) is 14.1. The lowest BCUT2D eigenvalue weighted by molar-refractivity contribution is 0.104. The molecule has 3 aromatic carbocycles. The normalized spacial score (nSPS) is 10.7. The van der Waals surface area contributed by atoms with Crippen LogP contribution < -0.4 is 10.2 Å². The molecule has 0 spiro atoms. The van der Waals surface area contributed by atoms with Gasteiger partial charge in [0, 0.05) is 4.47 Å². The van der Waals surface area contributed by atoms with Gasteiger partial charge in [0.2, 0.25) is 5.43 Å². The van der Waals surface area contributed by atoms with E-state index < -0.39 is 17.0 Å². The topological polar surface area (TPSA) is 63.6 Å². The van der Waals surface area contributed by atoms with Crippen molar-refractivity contribution in [3.8, 4) is 17.2 Å². The standard InChI is InChI=1S/C22H15BrO4/c23-16-10-12-21(25)22(26)19(14-16)20(24)11-9-15-5-4-8-18(13-15)27-17-6-2-1-3-7-17/h1-14H,(H,25,26). The minimum absolute atomic E-state index is 0.0650. The zero-order chi connectivity index (χ0) is 19.2. The van der Waals surface area contributed by atoms with Gasteiger partial charge >= 0.3 is 0 Å². The average molecular weight is 423 g/mol. The number of aromatic hydroxyl groups is 1. The molecule has 27 heavy (non-hydrogen) atoms. The fraction of sp³-hybridized carbons (Fsp3) is 0. The van der Waals surface area contributed by atoms with Crippen LogP contribution in [-0.4, -0.2) is 10.9 Å². The van der Waals surface area contributed by atoms with Gasteiger partial charge < -0.3 is 9.84 Å². The number of halogens is 1. The number of hydrogen-bond donors (Lipinski definition) is 1. The van der Waals surface area contributed by atoms with E-state index in [1.807, 2.05) is 48.5 Å². The number of para-hydroxylation sites is 1. The molecular weight excluding hydrogens is 408 g/mol. The Morgan fingerprint density at radius 2 is 1.67 bits per heavy atom. The summed E-state index contributed by atoms with van der Waals surface area (Å²) in [6.07, 6.45) is 2.91. The van der Waals surface area contributed by atoms with E-state index in [-0.39, 0.29) is 5.56 Å². The molecule has 0 aliphatic carbocycles. The minimum atomic E-state index is -0.615. The highest BCUT2D eigenvalue weighted by molar-refractivity contribution is 9.10. The van der Waals surface area contributed by atoms with Gasteiger partial charge in [0.05, 0.1) is 5.56 Å². The summed E-state index contributed by atoms with van der Waals surface area (Å²) in [5.41, 5.74) is 0.0681. The molecule has 0 atom stereocenters. The number of ether oxygens (including phenoxy) is 1. The highest BCUT2D eigenvalue weighted by atomic mass is 79.9. The van der Waals surface area contributed by atoms with Crippen LogP contribution in [-0.2, 0) is 0 Å². The molecule has 0 heterocycles. The summed E-state index contributed by atoms with van der Waals surface area (Å²) in [5, 5.41) is 9.95. The SMILES string of the molecule is O=C(C=Cc1cccc(Oc2ccccc2)c1)c1cc(Br)ccc(=O)c1O. The lowest BCUT2D eigenvalue weighted by Crippen LogP contribution is -2.01. The molecule has 0 radical (unpaired) electrons. The van der Waals surface area contributed by atoms with Gasteiger partial charge in [0.1, 0.15) is 11.5 Å². The summed E-state index contributed by atoms with van der Waals surface area (Å²) in [5.74, 6) is 0.297. The molecule has 0 amide bonds. The average Bonchev–Trinajstić information content (AvgIpc) is 2.81. The van der Waals surface area contributed by atoms with Crippen molar-refractivity contribution in [2.75, 3.05) is 0 Å². The molecule has 0 bridgehead atoms. The van der Waals surface area contributed by atoms with Crippen LogP contribution in [0.25, 0.3) is 6.08 Å². The number of rotatable bonds is 5. The highest BCUT2D eigenvalue weighted by Gasteiger charge is 2.11. The molecule has 0 aliphatic rings. The maximum absolute atomic E-state index is 12.4. The number of allylic oxidation sites excluding steroid dienone is 1. The number of benzene rings is 2. The van der Waals surface area contributed by atoms with Crippen molar-refractivity contribution in [2.24, 2.45) is 0 Å². The first kappa shape index (κ1) is 18.6. The second-order valence-corrected chi connectivity index (χ2v) is 6.59. The third kappa shape index (κ3) is 4.92. The van der Waals surface area contributed by atoms with E-state index in [0.717, 1.165) is 5.56 Å². The summed E-state index contributed by atoms with van der Waals surface area (Å²) in [4.78, 5) is 24.1. The number of ketones is 1. The number of carbonyl (C=O) groups is 1. The van der Waals surface area contributed by atoms with E-state index in [2.05, 4.69) is 15.9 Å². The first-order chi connectivity index (χ1) is 13.0. The van der Waals surface area contributed by atoms with Crippen LogP contribution in [0.15, 0.2) is 88.1 Å². The maximum atomic E-state index is 12.4. The molecule has 3 rings (SSSR count). The van der Waals surface area contributed by atoms with Crippen molar-refractivity contribution in [3.63, 3.8) is 0 Å². The molecule has 0 fully saturated rings. The Hall–Kier alpha value is -3.18. The van der Waals surface area contributed by atoms with E-state index in [4.69, 9.17) is 4.74 Å². The molecule has 134 valence electrons. The van der Waals surface area contributed by atoms with Gasteiger partial charge in [-0.3, -0.25) is 9.59 Å². The van der Waals surface area contributed by atoms with Crippen molar-refractivity contribution in [1.82, 2.24) is 0 Å². The lowest BCUT2D eigenvalue weighted by atomic mass is 10.1. The Morgan fingerprint density at radius 1 is 0.926 bits per heavy atom. The van der Waals surface area contributed by atoms with Gasteiger partial charge in [-0.1, -0.05) is 52.3 Å². The van der Waals surface area contributed by atoms with Crippen LogP contribution in [0.4, 0.5) is 0 Å². The zero-order valence-corrected chi connectivity index (χ0v) is 15.7. The molecule has 0 unspecified atom stereocenters. The van der Waals surface area contributed by atoms with E-state index in [0.29, 0.717) is 16.0 Å². The summed E-state index contributed by atoms with van der Waals surface area (Å²) in [7, 11) is 0. The van der Waals surface area contributed by atoms with Gasteiger partial charge in [-0.05, 0) is 54.1 Å². The fourth-order valence-corrected chi connectivity index (χ4v) is 2.74. The van der Waals surface area contributed by atoms with Crippen LogP contribution >= 0.6 is 15.9 Å². The molecule has 0 aromatic heterocycles. The van der Waals surface area contributed by atoms with Crippen molar-refractivity contribution >= 4 is 27.8 Å². The van der Waals surface area contributed by atoms with Crippen LogP contribution in [0.3, 0.4) is 0 Å². The largest absolute Gasteiger partial charge is 0.504 e. The van der Waals surface area contributed by atoms with Gasteiger partial charge in [-0.25, -0.2) is 0 Å². The van der Waals surface area contributed by atoms with Crippen molar-refractivity contribution in [2.45, 2.75) is 0 Å². The molecular formula is C22H15BrO4. The predicted molar refractivity (Wildman–Crippen MR) is 108 cm³/mol. The summed E-state index contributed by atoms with van der Waals surface area (Å²) in [6, 6.07) is 20.7. The van der Waals surface area contributed by atoms with Crippen LogP contribution in [0.5, 0.6) is 17.2 Å². The number of hydrogen-bond acceptors (Lipinski definition) is 4. The third-order valence-electron chi connectivity index (χ3n) is 3.69. The molecule has 0 saturated heterocycles. The maximum Gasteiger partial charge on any atom is 0.220 e. The predicted octanol–water partition coefficient (Wildman–Crippen LogP) is 5.20. The minimum Gasteiger partial charge on any atom is -0.504 e. The highest BCUT2D eigenvalue weighted by Crippen LogP contribution is 2.23. The Labute approximate surface area is 164 Å². The Bertz CT molecular complexity index is 1060. The molecule has 1 N–H and O–H groups in total. The van der Waals surface area contributed by atoms with E-state index in [1.54, 1.807) is 12.1 Å². The quantitative estimate of drug-likeness (QED) is 0.453. The van der Waals surface area contributed by atoms with Crippen LogP contribution in [0.2, 0.25) is 0 Å². The molecule has 3 aromatic rings. The summed E-state index contributed by atoms with van der Waals surface area (Å²) in [6.45, 7) is 0. The molecule has 5 heteroatoms. The van der Waals surface area contributed by atoms with Gasteiger partial charge in [0.25, 0.3) is 0 Å². The first-order valence-electron chi connectivity index (χ1n) is 8.11. The Balaban J connectivity index is 1.83. The third-order valence-corrected chi connectivity index (χ3v) is 4.19. The van der Waals surface area contributed by atoms with Crippen molar-refractivity contribution < 1.29 is 14.6 Å². The van der Waals surface area contributed by atoms with Gasteiger partial charge in [-0.15, -0.1) is 0 Å². The Kier molecular flexibility index (Phi) is 5.84. The van der Waals surface area contributed by atoms with Crippen molar-refractivity contribution in [3.05, 3.63) is 105 Å². The molecule has 0 saturated carbocycles. The Morgan fingerprint density at radius 3 is 2.44 bits per heavy atom. The van der Waals surface area contributed by atoms with Crippen LogP contribution in [0, 0.1) is 0 Å². The number of carbonyl (C=O) groups excluding carboxylic acids is 1. The summed E-state index contributed by atoms with van der Waals surface area (Å²) < 4.78 is 6.29. The second kappa shape index (κ2) is 8.47. The monoisotopic (exact) mass is 422 g/mol. The van der Waals surface area contributed by atoms with Crippen LogP contribution in [0.1, 0.15) is 15.9 Å². The van der Waals surface area contributed by atoms with E-state index in [9.17, 15) is 14.7 Å². The molecule has 4 nitrogen and oxygen atoms in total. The van der Waals surface area contributed by atoms with Gasteiger partial charge in [0.15, 0.2) is 11.5 Å².